The molecule has 0 saturated heterocycles. The number of hydrogen-bond donors (Lipinski definition) is 3. The minimum Gasteiger partial charge on any atom is -0.459 e. The topological polar surface area (TPSA) is 82.7 Å². The van der Waals surface area contributed by atoms with Gasteiger partial charge in [-0.1, -0.05) is 24.3 Å². The van der Waals surface area contributed by atoms with Crippen molar-refractivity contribution in [2.24, 2.45) is 0 Å². The molecule has 2 aromatic rings. The van der Waals surface area contributed by atoms with Crippen molar-refractivity contribution in [3.8, 4) is 0 Å². The van der Waals surface area contributed by atoms with Gasteiger partial charge in [0.2, 0.25) is 0 Å². The Morgan fingerprint density at radius 3 is 2.58 bits per heavy atom. The van der Waals surface area contributed by atoms with Crippen LogP contribution in [0.3, 0.4) is 0 Å². The molecule has 3 rings (SSSR count). The molecule has 0 aliphatic carbocycles. The number of rotatable bonds is 6. The maximum Gasteiger partial charge on any atom is 0.338 e. The first-order valence-electron chi connectivity index (χ1n) is 10.6. The predicted octanol–water partition coefficient (Wildman–Crippen LogP) is 4.95. The Hall–Kier alpha value is -3.46. The monoisotopic (exact) mass is 470 g/mol. The number of para-hydroxylation sites is 1. The second kappa shape index (κ2) is 10.4. The second-order valence-corrected chi connectivity index (χ2v) is 8.15. The molecule has 9 heteroatoms. The van der Waals surface area contributed by atoms with Crippen LogP contribution in [0.1, 0.15) is 39.3 Å². The Kier molecular flexibility index (Phi) is 7.65. The van der Waals surface area contributed by atoms with Gasteiger partial charge in [-0.2, -0.15) is 0 Å². The highest BCUT2D eigenvalue weighted by molar-refractivity contribution is 7.80. The Morgan fingerprint density at radius 1 is 1.18 bits per heavy atom. The van der Waals surface area contributed by atoms with Gasteiger partial charge in [0, 0.05) is 17.9 Å². The van der Waals surface area contributed by atoms with Gasteiger partial charge < -0.3 is 25.6 Å². The van der Waals surface area contributed by atoms with Crippen molar-refractivity contribution >= 4 is 40.7 Å². The van der Waals surface area contributed by atoms with Crippen molar-refractivity contribution in [3.63, 3.8) is 0 Å². The lowest BCUT2D eigenvalue weighted by Gasteiger charge is -2.37. The smallest absolute Gasteiger partial charge is 0.338 e. The summed E-state index contributed by atoms with van der Waals surface area (Å²) in [5, 5.41) is 8.89. The molecule has 1 atom stereocenters. The van der Waals surface area contributed by atoms with Crippen LogP contribution >= 0.6 is 12.2 Å². The van der Waals surface area contributed by atoms with E-state index >= 15 is 0 Å². The molecule has 0 radical (unpaired) electrons. The molecule has 0 aromatic heterocycles. The molecule has 33 heavy (non-hydrogen) atoms. The van der Waals surface area contributed by atoms with Crippen molar-refractivity contribution in [1.29, 1.82) is 0 Å². The largest absolute Gasteiger partial charge is 0.459 e. The van der Waals surface area contributed by atoms with Gasteiger partial charge in [-0.05, 0) is 69.7 Å². The number of urea groups is 1. The van der Waals surface area contributed by atoms with Gasteiger partial charge in [-0.25, -0.2) is 14.0 Å². The van der Waals surface area contributed by atoms with Crippen LogP contribution in [0.4, 0.5) is 20.6 Å². The summed E-state index contributed by atoms with van der Waals surface area (Å²) in [6.07, 6.45) is -0.280. The van der Waals surface area contributed by atoms with E-state index in [9.17, 15) is 14.0 Å². The number of esters is 1. The summed E-state index contributed by atoms with van der Waals surface area (Å²) >= 11 is 5.51. The van der Waals surface area contributed by atoms with E-state index in [1.54, 1.807) is 44.2 Å². The molecule has 0 unspecified atom stereocenters. The Labute approximate surface area is 198 Å². The number of thiocarbonyl (C=S) groups is 1. The molecule has 2 amide bonds. The van der Waals surface area contributed by atoms with Crippen molar-refractivity contribution < 1.29 is 18.7 Å². The van der Waals surface area contributed by atoms with E-state index < -0.39 is 23.9 Å². The molecule has 174 valence electrons. The zero-order valence-electron chi connectivity index (χ0n) is 18.9. The molecule has 1 aliphatic rings. The molecule has 0 spiro atoms. The predicted molar refractivity (Wildman–Crippen MR) is 130 cm³/mol. The highest BCUT2D eigenvalue weighted by Gasteiger charge is 2.34. The lowest BCUT2D eigenvalue weighted by Crippen LogP contribution is -2.47. The number of nitrogens with one attached hydrogen (secondary N) is 3. The van der Waals surface area contributed by atoms with Gasteiger partial charge in [0.05, 0.1) is 23.4 Å². The normalized spacial score (nSPS) is 15.9. The highest BCUT2D eigenvalue weighted by atomic mass is 32.1. The SMILES string of the molecule is CCN1C(=S)N[C@@H](c2cccc(NC(=O)Nc3ccccc3F)c2)C(C(=O)OC(C)C)=C1C. The van der Waals surface area contributed by atoms with E-state index in [1.165, 1.54) is 12.1 Å². The van der Waals surface area contributed by atoms with E-state index in [2.05, 4.69) is 16.0 Å². The summed E-state index contributed by atoms with van der Waals surface area (Å²) in [6, 6.07) is 11.8. The molecule has 1 aliphatic heterocycles. The molecule has 2 aromatic carbocycles. The summed E-state index contributed by atoms with van der Waals surface area (Å²) in [5.74, 6) is -0.965. The molecule has 1 heterocycles. The first kappa shape index (κ1) is 24.2. The summed E-state index contributed by atoms with van der Waals surface area (Å²) in [4.78, 5) is 27.2. The lowest BCUT2D eigenvalue weighted by molar-refractivity contribution is -0.143. The lowest BCUT2D eigenvalue weighted by atomic mass is 9.94. The Bertz CT molecular complexity index is 1100. The molecule has 0 saturated carbocycles. The summed E-state index contributed by atoms with van der Waals surface area (Å²) in [7, 11) is 0. The number of carbonyl (C=O) groups excluding carboxylic acids is 2. The van der Waals surface area contributed by atoms with Crippen LogP contribution in [-0.4, -0.2) is 34.7 Å². The summed E-state index contributed by atoms with van der Waals surface area (Å²) in [5.41, 5.74) is 2.43. The van der Waals surface area contributed by atoms with Crippen LogP contribution in [-0.2, 0) is 9.53 Å². The quantitative estimate of drug-likeness (QED) is 0.410. The number of ether oxygens (including phenoxy) is 1. The number of amides is 2. The maximum atomic E-state index is 13.8. The molecule has 3 N–H and O–H groups in total. The van der Waals surface area contributed by atoms with Crippen LogP contribution < -0.4 is 16.0 Å². The van der Waals surface area contributed by atoms with E-state index in [4.69, 9.17) is 17.0 Å². The summed E-state index contributed by atoms with van der Waals surface area (Å²) < 4.78 is 19.3. The Balaban J connectivity index is 1.88. The van der Waals surface area contributed by atoms with Gasteiger partial charge in [-0.3, -0.25) is 0 Å². The standard InChI is InChI=1S/C24H27FN4O3S/c1-5-29-15(4)20(22(30)32-14(2)3)21(28-24(29)33)16-9-8-10-17(13-16)26-23(31)27-19-12-7-6-11-18(19)25/h6-14,21H,5H2,1-4H3,(H,28,33)(H2,26,27,31)/t21-/m0/s1. The van der Waals surface area contributed by atoms with Crippen molar-refractivity contribution in [3.05, 3.63) is 71.2 Å². The van der Waals surface area contributed by atoms with E-state index in [1.807, 2.05) is 24.8 Å². The zero-order chi connectivity index (χ0) is 24.1. The maximum absolute atomic E-state index is 13.8. The average Bonchev–Trinajstić information content (AvgIpc) is 2.74. The number of nitrogens with zero attached hydrogens (tertiary/aromatic N) is 1. The fraction of sp³-hybridized carbons (Fsp3) is 0.292. The number of benzene rings is 2. The van der Waals surface area contributed by atoms with Crippen LogP contribution in [0.2, 0.25) is 0 Å². The Morgan fingerprint density at radius 2 is 1.91 bits per heavy atom. The number of halogens is 1. The first-order chi connectivity index (χ1) is 15.7. The van der Waals surface area contributed by atoms with Crippen molar-refractivity contribution in [2.45, 2.75) is 39.8 Å². The van der Waals surface area contributed by atoms with E-state index in [-0.39, 0.29) is 11.8 Å². The summed E-state index contributed by atoms with van der Waals surface area (Å²) in [6.45, 7) is 7.97. The first-order valence-corrected chi connectivity index (χ1v) is 11.0. The van der Waals surface area contributed by atoms with Gasteiger partial charge in [-0.15, -0.1) is 0 Å². The van der Waals surface area contributed by atoms with E-state index in [0.717, 1.165) is 0 Å². The van der Waals surface area contributed by atoms with Gasteiger partial charge in [0.1, 0.15) is 5.82 Å². The van der Waals surface area contributed by atoms with Crippen molar-refractivity contribution in [1.82, 2.24) is 10.2 Å². The third-order valence-electron chi connectivity index (χ3n) is 5.08. The highest BCUT2D eigenvalue weighted by Crippen LogP contribution is 2.32. The van der Waals surface area contributed by atoms with Crippen LogP contribution in [0.5, 0.6) is 0 Å². The molecule has 0 bridgehead atoms. The number of anilines is 2. The number of allylic oxidation sites excluding steroid dienone is 1. The fourth-order valence-electron chi connectivity index (χ4n) is 3.60. The number of hydrogen-bond acceptors (Lipinski definition) is 4. The minimum absolute atomic E-state index is 0.0717. The van der Waals surface area contributed by atoms with Crippen LogP contribution in [0.15, 0.2) is 59.8 Å². The van der Waals surface area contributed by atoms with E-state index in [0.29, 0.717) is 34.2 Å². The third kappa shape index (κ3) is 5.67. The molecule has 0 fully saturated rings. The zero-order valence-corrected chi connectivity index (χ0v) is 19.8. The number of carbonyl (C=O) groups is 2. The second-order valence-electron chi connectivity index (χ2n) is 7.76. The molecular formula is C24H27FN4O3S. The average molecular weight is 471 g/mol. The van der Waals surface area contributed by atoms with Crippen molar-refractivity contribution in [2.75, 3.05) is 17.2 Å². The molecular weight excluding hydrogens is 443 g/mol. The van der Waals surface area contributed by atoms with Gasteiger partial charge in [0.25, 0.3) is 0 Å². The van der Waals surface area contributed by atoms with Crippen LogP contribution in [0, 0.1) is 5.82 Å². The fourth-order valence-corrected chi connectivity index (χ4v) is 3.98. The van der Waals surface area contributed by atoms with Gasteiger partial charge in [0.15, 0.2) is 5.11 Å². The van der Waals surface area contributed by atoms with Crippen LogP contribution in [0.25, 0.3) is 0 Å². The minimum atomic E-state index is -0.590. The van der Waals surface area contributed by atoms with Gasteiger partial charge >= 0.3 is 12.0 Å². The third-order valence-corrected chi connectivity index (χ3v) is 5.41. The molecule has 7 nitrogen and oxygen atoms in total.